The van der Waals surface area contributed by atoms with Gasteiger partial charge in [0.15, 0.2) is 4.88 Å². The Labute approximate surface area is 81.3 Å². The maximum atomic E-state index is 11.4. The number of hydrogen-bond donors (Lipinski definition) is 0. The van der Waals surface area contributed by atoms with Crippen LogP contribution in [-0.4, -0.2) is 19.7 Å². The molecule has 0 atom stereocenters. The van der Waals surface area contributed by atoms with Crippen molar-refractivity contribution in [3.8, 4) is 5.75 Å². The second-order valence-electron chi connectivity index (χ2n) is 2.45. The van der Waals surface area contributed by atoms with Crippen molar-refractivity contribution >= 4 is 17.3 Å². The topological polar surface area (TPSA) is 35.5 Å². The van der Waals surface area contributed by atoms with Crippen LogP contribution in [0.4, 0.5) is 0 Å². The predicted molar refractivity (Wildman–Crippen MR) is 51.4 cm³/mol. The van der Waals surface area contributed by atoms with Gasteiger partial charge in [0.05, 0.1) is 13.7 Å². The Morgan fingerprint density at radius 2 is 2.38 bits per heavy atom. The Morgan fingerprint density at radius 1 is 1.62 bits per heavy atom. The van der Waals surface area contributed by atoms with Gasteiger partial charge in [-0.3, -0.25) is 0 Å². The first-order valence-electron chi connectivity index (χ1n) is 4.08. The molecule has 1 heterocycles. The third-order valence-electron chi connectivity index (χ3n) is 1.47. The normalized spacial score (nSPS) is 9.69. The van der Waals surface area contributed by atoms with E-state index in [9.17, 15) is 4.79 Å². The average molecular weight is 200 g/mol. The lowest BCUT2D eigenvalue weighted by Gasteiger charge is -2.02. The van der Waals surface area contributed by atoms with Gasteiger partial charge in [-0.05, 0) is 17.9 Å². The zero-order chi connectivity index (χ0) is 9.68. The van der Waals surface area contributed by atoms with E-state index in [0.717, 1.165) is 6.42 Å². The highest BCUT2D eigenvalue weighted by molar-refractivity contribution is 7.12. The van der Waals surface area contributed by atoms with Gasteiger partial charge in [0, 0.05) is 0 Å². The molecule has 1 rings (SSSR count). The summed E-state index contributed by atoms with van der Waals surface area (Å²) in [5, 5.41) is 1.81. The number of carbonyl (C=O) groups is 1. The zero-order valence-electron chi connectivity index (χ0n) is 7.70. The Balaban J connectivity index is 2.65. The van der Waals surface area contributed by atoms with Crippen molar-refractivity contribution < 1.29 is 14.3 Å². The van der Waals surface area contributed by atoms with Crippen molar-refractivity contribution in [2.24, 2.45) is 0 Å². The van der Waals surface area contributed by atoms with Gasteiger partial charge in [0.25, 0.3) is 0 Å². The van der Waals surface area contributed by atoms with Gasteiger partial charge in [0.2, 0.25) is 0 Å². The van der Waals surface area contributed by atoms with Gasteiger partial charge in [-0.2, -0.15) is 0 Å². The maximum absolute atomic E-state index is 11.4. The summed E-state index contributed by atoms with van der Waals surface area (Å²) in [6, 6.07) is 1.76. The summed E-state index contributed by atoms with van der Waals surface area (Å²) in [5.74, 6) is 0.291. The molecule has 4 heteroatoms. The van der Waals surface area contributed by atoms with Gasteiger partial charge >= 0.3 is 5.97 Å². The fourth-order valence-electron chi connectivity index (χ4n) is 0.867. The smallest absolute Gasteiger partial charge is 0.352 e. The Kier molecular flexibility index (Phi) is 3.76. The van der Waals surface area contributed by atoms with Gasteiger partial charge in [0.1, 0.15) is 5.75 Å². The number of rotatable bonds is 4. The number of methoxy groups -OCH3 is 1. The van der Waals surface area contributed by atoms with E-state index in [2.05, 4.69) is 0 Å². The molecule has 1 aromatic heterocycles. The summed E-state index contributed by atoms with van der Waals surface area (Å²) in [5.41, 5.74) is 0. The van der Waals surface area contributed by atoms with Gasteiger partial charge in [-0.1, -0.05) is 6.92 Å². The Morgan fingerprint density at radius 3 is 3.00 bits per heavy atom. The SMILES string of the molecule is CCCOC(=O)c1sccc1OC. The van der Waals surface area contributed by atoms with E-state index in [1.165, 1.54) is 11.3 Å². The van der Waals surface area contributed by atoms with Gasteiger partial charge in [-0.25, -0.2) is 4.79 Å². The molecule has 0 spiro atoms. The first-order valence-corrected chi connectivity index (χ1v) is 4.96. The van der Waals surface area contributed by atoms with E-state index in [1.807, 2.05) is 6.92 Å². The quantitative estimate of drug-likeness (QED) is 0.700. The molecule has 13 heavy (non-hydrogen) atoms. The summed E-state index contributed by atoms with van der Waals surface area (Å²) in [6.45, 7) is 2.42. The first kappa shape index (κ1) is 10.1. The highest BCUT2D eigenvalue weighted by Crippen LogP contribution is 2.24. The third kappa shape index (κ3) is 2.45. The lowest BCUT2D eigenvalue weighted by atomic mass is 10.4. The molecule has 0 N–H and O–H groups in total. The molecule has 0 aromatic carbocycles. The summed E-state index contributed by atoms with van der Waals surface area (Å²) in [6.07, 6.45) is 0.833. The van der Waals surface area contributed by atoms with Gasteiger partial charge < -0.3 is 9.47 Å². The fraction of sp³-hybridized carbons (Fsp3) is 0.444. The van der Waals surface area contributed by atoms with Crippen molar-refractivity contribution in [2.75, 3.05) is 13.7 Å². The number of carbonyl (C=O) groups excluding carboxylic acids is 1. The summed E-state index contributed by atoms with van der Waals surface area (Å²) >= 11 is 1.33. The molecule has 0 saturated heterocycles. The molecule has 0 aliphatic rings. The van der Waals surface area contributed by atoms with Crippen molar-refractivity contribution in [3.63, 3.8) is 0 Å². The zero-order valence-corrected chi connectivity index (χ0v) is 8.52. The molecule has 0 radical (unpaired) electrons. The van der Waals surface area contributed by atoms with E-state index in [4.69, 9.17) is 9.47 Å². The van der Waals surface area contributed by atoms with Crippen molar-refractivity contribution in [3.05, 3.63) is 16.3 Å². The summed E-state index contributed by atoms with van der Waals surface area (Å²) in [7, 11) is 1.54. The van der Waals surface area contributed by atoms with Crippen LogP contribution in [-0.2, 0) is 4.74 Å². The molecule has 1 aromatic rings. The predicted octanol–water partition coefficient (Wildman–Crippen LogP) is 2.32. The molecule has 0 saturated carbocycles. The van der Waals surface area contributed by atoms with Crippen LogP contribution in [0, 0.1) is 0 Å². The minimum Gasteiger partial charge on any atom is -0.495 e. The fourth-order valence-corrected chi connectivity index (χ4v) is 1.62. The lowest BCUT2D eigenvalue weighted by molar-refractivity contribution is 0.0507. The van der Waals surface area contributed by atoms with E-state index < -0.39 is 0 Å². The van der Waals surface area contributed by atoms with Crippen molar-refractivity contribution in [1.29, 1.82) is 0 Å². The molecule has 0 unspecified atom stereocenters. The largest absolute Gasteiger partial charge is 0.495 e. The standard InChI is InChI=1S/C9H12O3S/c1-3-5-12-9(10)8-7(11-2)4-6-13-8/h4,6H,3,5H2,1-2H3. The van der Waals surface area contributed by atoms with Crippen molar-refractivity contribution in [1.82, 2.24) is 0 Å². The van der Waals surface area contributed by atoms with Crippen LogP contribution < -0.4 is 4.74 Å². The number of thiophene rings is 1. The van der Waals surface area contributed by atoms with Crippen LogP contribution in [0.2, 0.25) is 0 Å². The van der Waals surface area contributed by atoms with Crippen LogP contribution in [0.1, 0.15) is 23.0 Å². The van der Waals surface area contributed by atoms with Crippen LogP contribution in [0.25, 0.3) is 0 Å². The molecule has 0 aliphatic heterocycles. The Bertz CT molecular complexity index is 280. The summed E-state index contributed by atoms with van der Waals surface area (Å²) < 4.78 is 9.97. The third-order valence-corrected chi connectivity index (χ3v) is 2.35. The number of ether oxygens (including phenoxy) is 2. The maximum Gasteiger partial charge on any atom is 0.352 e. The highest BCUT2D eigenvalue weighted by Gasteiger charge is 2.14. The molecule has 0 aliphatic carbocycles. The lowest BCUT2D eigenvalue weighted by Crippen LogP contribution is -2.04. The van der Waals surface area contributed by atoms with E-state index in [1.54, 1.807) is 18.6 Å². The molecular weight excluding hydrogens is 188 g/mol. The summed E-state index contributed by atoms with van der Waals surface area (Å²) in [4.78, 5) is 11.9. The Hall–Kier alpha value is -1.03. The monoisotopic (exact) mass is 200 g/mol. The van der Waals surface area contributed by atoms with Crippen LogP contribution in [0.3, 0.4) is 0 Å². The average Bonchev–Trinajstić information content (AvgIpc) is 2.61. The molecular formula is C9H12O3S. The van der Waals surface area contributed by atoms with Crippen LogP contribution in [0.5, 0.6) is 5.75 Å². The van der Waals surface area contributed by atoms with E-state index in [-0.39, 0.29) is 5.97 Å². The molecule has 0 fully saturated rings. The second kappa shape index (κ2) is 4.87. The minimum atomic E-state index is -0.297. The molecule has 72 valence electrons. The highest BCUT2D eigenvalue weighted by atomic mass is 32.1. The van der Waals surface area contributed by atoms with E-state index >= 15 is 0 Å². The van der Waals surface area contributed by atoms with Crippen LogP contribution in [0.15, 0.2) is 11.4 Å². The number of hydrogen-bond acceptors (Lipinski definition) is 4. The van der Waals surface area contributed by atoms with Gasteiger partial charge in [-0.15, -0.1) is 11.3 Å². The van der Waals surface area contributed by atoms with Crippen LogP contribution >= 0.6 is 11.3 Å². The first-order chi connectivity index (χ1) is 6.29. The number of esters is 1. The second-order valence-corrected chi connectivity index (χ2v) is 3.37. The molecule has 3 nitrogen and oxygen atoms in total. The minimum absolute atomic E-state index is 0.297. The molecule has 0 amide bonds. The van der Waals surface area contributed by atoms with Crippen molar-refractivity contribution in [2.45, 2.75) is 13.3 Å². The van der Waals surface area contributed by atoms with E-state index in [0.29, 0.717) is 17.2 Å². The molecule has 0 bridgehead atoms.